The molecule has 2 rings (SSSR count). The van der Waals surface area contributed by atoms with E-state index >= 15 is 0 Å². The molecule has 0 N–H and O–H groups in total. The monoisotopic (exact) mass is 316 g/mol. The molecule has 0 saturated carbocycles. The fourth-order valence-electron chi connectivity index (χ4n) is 2.65. The summed E-state index contributed by atoms with van der Waals surface area (Å²) in [7, 11) is 0. The Morgan fingerprint density at radius 2 is 1.74 bits per heavy atom. The highest BCUT2D eigenvalue weighted by Crippen LogP contribution is 2.13. The van der Waals surface area contributed by atoms with Gasteiger partial charge in [-0.1, -0.05) is 42.0 Å². The maximum atomic E-state index is 12.1. The average Bonchev–Trinajstić information content (AvgIpc) is 2.47. The smallest absolute Gasteiger partial charge is 0.410 e. The second-order valence-electron chi connectivity index (χ2n) is 7.14. The summed E-state index contributed by atoms with van der Waals surface area (Å²) in [5.41, 5.74) is 2.14. The van der Waals surface area contributed by atoms with Crippen LogP contribution in [0, 0.1) is 0 Å². The van der Waals surface area contributed by atoms with Crippen molar-refractivity contribution in [3.63, 3.8) is 0 Å². The minimum absolute atomic E-state index is 0.200. The van der Waals surface area contributed by atoms with E-state index in [1.807, 2.05) is 26.8 Å². The van der Waals surface area contributed by atoms with Gasteiger partial charge in [-0.2, -0.15) is 0 Å². The van der Waals surface area contributed by atoms with E-state index in [-0.39, 0.29) is 6.09 Å². The third kappa shape index (κ3) is 6.06. The molecule has 1 amide bonds. The molecule has 4 nitrogen and oxygen atoms in total. The number of hydrogen-bond donors (Lipinski definition) is 0. The largest absolute Gasteiger partial charge is 0.444 e. The van der Waals surface area contributed by atoms with Crippen molar-refractivity contribution >= 4 is 12.2 Å². The van der Waals surface area contributed by atoms with E-state index in [9.17, 15) is 4.79 Å². The molecule has 1 heterocycles. The van der Waals surface area contributed by atoms with Crippen LogP contribution in [0.5, 0.6) is 0 Å². The Balaban J connectivity index is 1.81. The Morgan fingerprint density at radius 1 is 1.13 bits per heavy atom. The van der Waals surface area contributed by atoms with Gasteiger partial charge in [0.2, 0.25) is 0 Å². The highest BCUT2D eigenvalue weighted by molar-refractivity contribution is 5.68. The van der Waals surface area contributed by atoms with E-state index in [4.69, 9.17) is 4.74 Å². The molecular formula is C19H28N2O2. The molecule has 1 saturated heterocycles. The van der Waals surface area contributed by atoms with E-state index in [0.29, 0.717) is 0 Å². The van der Waals surface area contributed by atoms with Crippen LogP contribution in [0.25, 0.3) is 6.08 Å². The molecular weight excluding hydrogens is 288 g/mol. The Morgan fingerprint density at radius 3 is 2.30 bits per heavy atom. The maximum absolute atomic E-state index is 12.1. The number of amides is 1. The fraction of sp³-hybridized carbons (Fsp3) is 0.526. The summed E-state index contributed by atoms with van der Waals surface area (Å²) in [6.45, 7) is 12.0. The number of carbonyl (C=O) groups excluding carboxylic acids is 1. The molecule has 0 aromatic heterocycles. The zero-order valence-corrected chi connectivity index (χ0v) is 14.7. The lowest BCUT2D eigenvalue weighted by molar-refractivity contribution is 0.0152. The zero-order valence-electron chi connectivity index (χ0n) is 14.7. The number of rotatable bonds is 3. The van der Waals surface area contributed by atoms with E-state index < -0.39 is 5.60 Å². The molecule has 4 heteroatoms. The lowest BCUT2D eigenvalue weighted by Crippen LogP contribution is -2.50. The Hall–Kier alpha value is -1.81. The van der Waals surface area contributed by atoms with Crippen molar-refractivity contribution in [2.75, 3.05) is 32.7 Å². The number of ether oxygens (including phenoxy) is 1. The average molecular weight is 316 g/mol. The van der Waals surface area contributed by atoms with Gasteiger partial charge in [-0.3, -0.25) is 4.90 Å². The fourth-order valence-corrected chi connectivity index (χ4v) is 2.65. The Bertz CT molecular complexity index is 538. The lowest BCUT2D eigenvalue weighted by Gasteiger charge is -2.35. The predicted octanol–water partition coefficient (Wildman–Crippen LogP) is 3.64. The first-order chi connectivity index (χ1) is 10.8. The van der Waals surface area contributed by atoms with Crippen LogP contribution in [-0.4, -0.2) is 54.2 Å². The number of carbonyl (C=O) groups is 1. The summed E-state index contributed by atoms with van der Waals surface area (Å²) < 4.78 is 5.43. The number of benzene rings is 1. The van der Waals surface area contributed by atoms with Crippen molar-refractivity contribution in [2.45, 2.75) is 33.3 Å². The third-order valence-electron chi connectivity index (χ3n) is 3.71. The molecule has 0 aliphatic carbocycles. The first kappa shape index (κ1) is 17.5. The van der Waals surface area contributed by atoms with E-state index in [1.54, 1.807) is 4.90 Å². The van der Waals surface area contributed by atoms with Gasteiger partial charge in [0.05, 0.1) is 0 Å². The summed E-state index contributed by atoms with van der Waals surface area (Å²) in [5, 5.41) is 0. The minimum Gasteiger partial charge on any atom is -0.444 e. The SMILES string of the molecule is C/C(=C\c1ccccc1)CN1CCN(C(=O)OC(C)(C)C)CC1. The lowest BCUT2D eigenvalue weighted by atomic mass is 10.1. The maximum Gasteiger partial charge on any atom is 0.410 e. The first-order valence-electron chi connectivity index (χ1n) is 8.26. The molecule has 1 aromatic carbocycles. The summed E-state index contributed by atoms with van der Waals surface area (Å²) in [5.74, 6) is 0. The molecule has 1 aromatic rings. The van der Waals surface area contributed by atoms with Crippen LogP contribution in [0.15, 0.2) is 35.9 Å². The number of hydrogen-bond acceptors (Lipinski definition) is 3. The summed E-state index contributed by atoms with van der Waals surface area (Å²) in [6.07, 6.45) is 2.02. The third-order valence-corrected chi connectivity index (χ3v) is 3.71. The molecule has 126 valence electrons. The summed E-state index contributed by atoms with van der Waals surface area (Å²) in [4.78, 5) is 16.2. The van der Waals surface area contributed by atoms with E-state index in [2.05, 4.69) is 42.2 Å². The highest BCUT2D eigenvalue weighted by atomic mass is 16.6. The van der Waals surface area contributed by atoms with Gasteiger partial charge in [0.25, 0.3) is 0 Å². The molecule has 1 aliphatic rings. The molecule has 0 unspecified atom stereocenters. The van der Waals surface area contributed by atoms with Gasteiger partial charge in [0, 0.05) is 32.7 Å². The molecule has 0 bridgehead atoms. The molecule has 1 aliphatic heterocycles. The molecule has 0 spiro atoms. The van der Waals surface area contributed by atoms with Crippen molar-refractivity contribution in [1.29, 1.82) is 0 Å². The van der Waals surface area contributed by atoms with Gasteiger partial charge in [-0.25, -0.2) is 4.79 Å². The summed E-state index contributed by atoms with van der Waals surface area (Å²) >= 11 is 0. The van der Waals surface area contributed by atoms with E-state index in [1.165, 1.54) is 11.1 Å². The Kier molecular flexibility index (Phi) is 5.83. The van der Waals surface area contributed by atoms with Crippen molar-refractivity contribution in [1.82, 2.24) is 9.80 Å². The zero-order chi connectivity index (χ0) is 16.9. The van der Waals surface area contributed by atoms with Crippen LogP contribution in [0.1, 0.15) is 33.3 Å². The van der Waals surface area contributed by atoms with Gasteiger partial charge >= 0.3 is 6.09 Å². The van der Waals surface area contributed by atoms with Gasteiger partial charge < -0.3 is 9.64 Å². The Labute approximate surface area is 139 Å². The number of piperazine rings is 1. The number of nitrogens with zero attached hydrogens (tertiary/aromatic N) is 2. The quantitative estimate of drug-likeness (QED) is 0.853. The van der Waals surface area contributed by atoms with Crippen LogP contribution in [-0.2, 0) is 4.74 Å². The van der Waals surface area contributed by atoms with Crippen molar-refractivity contribution < 1.29 is 9.53 Å². The second-order valence-corrected chi connectivity index (χ2v) is 7.14. The van der Waals surface area contributed by atoms with Crippen LogP contribution < -0.4 is 0 Å². The molecule has 23 heavy (non-hydrogen) atoms. The topological polar surface area (TPSA) is 32.8 Å². The minimum atomic E-state index is -0.427. The summed E-state index contributed by atoms with van der Waals surface area (Å²) in [6, 6.07) is 10.4. The van der Waals surface area contributed by atoms with Crippen LogP contribution in [0.3, 0.4) is 0 Å². The second kappa shape index (κ2) is 7.64. The normalized spacial score (nSPS) is 17.2. The molecule has 1 fully saturated rings. The van der Waals surface area contributed by atoms with Crippen LogP contribution >= 0.6 is 0 Å². The standard InChI is InChI=1S/C19H28N2O2/c1-16(14-17-8-6-5-7-9-17)15-20-10-12-21(13-11-20)18(22)23-19(2,3)4/h5-9,14H,10-13,15H2,1-4H3/b16-14+. The first-order valence-corrected chi connectivity index (χ1v) is 8.26. The highest BCUT2D eigenvalue weighted by Gasteiger charge is 2.25. The van der Waals surface area contributed by atoms with Crippen molar-refractivity contribution in [3.8, 4) is 0 Å². The molecule has 0 radical (unpaired) electrons. The van der Waals surface area contributed by atoms with Gasteiger partial charge in [0.1, 0.15) is 5.60 Å². The van der Waals surface area contributed by atoms with Gasteiger partial charge in [-0.05, 0) is 33.3 Å². The molecule has 0 atom stereocenters. The van der Waals surface area contributed by atoms with Gasteiger partial charge in [0.15, 0.2) is 0 Å². The van der Waals surface area contributed by atoms with Crippen LogP contribution in [0.4, 0.5) is 4.79 Å². The van der Waals surface area contributed by atoms with E-state index in [0.717, 1.165) is 32.7 Å². The van der Waals surface area contributed by atoms with Crippen molar-refractivity contribution in [2.24, 2.45) is 0 Å². The van der Waals surface area contributed by atoms with Crippen LogP contribution in [0.2, 0.25) is 0 Å². The van der Waals surface area contributed by atoms with Gasteiger partial charge in [-0.15, -0.1) is 0 Å². The predicted molar refractivity (Wildman–Crippen MR) is 94.3 cm³/mol. The van der Waals surface area contributed by atoms with Crippen molar-refractivity contribution in [3.05, 3.63) is 41.5 Å².